The normalized spacial score (nSPS) is 27.0. The Morgan fingerprint density at radius 3 is 2.42 bits per heavy atom. The largest absolute Gasteiger partial charge is 0.312 e. The lowest BCUT2D eigenvalue weighted by Crippen LogP contribution is -2.39. The second-order valence-electron chi connectivity index (χ2n) is 7.88. The van der Waals surface area contributed by atoms with Gasteiger partial charge in [-0.15, -0.1) is 0 Å². The maximum Gasteiger partial charge on any atom is 0.00966 e. The van der Waals surface area contributed by atoms with Gasteiger partial charge in [-0.1, -0.05) is 32.1 Å². The molecule has 1 saturated heterocycles. The molecule has 1 N–H and O–H groups in total. The Hall–Kier alpha value is -0.0800. The summed E-state index contributed by atoms with van der Waals surface area (Å²) in [6.45, 7) is 12.0. The van der Waals surface area contributed by atoms with Gasteiger partial charge in [0.1, 0.15) is 0 Å². The van der Waals surface area contributed by atoms with E-state index in [1.54, 1.807) is 0 Å². The van der Waals surface area contributed by atoms with Crippen LogP contribution in [0.1, 0.15) is 65.7 Å². The van der Waals surface area contributed by atoms with Crippen molar-refractivity contribution in [3.63, 3.8) is 0 Å². The smallest absolute Gasteiger partial charge is 0.00966 e. The zero-order valence-corrected chi connectivity index (χ0v) is 13.4. The number of nitrogens with zero attached hydrogens (tertiary/aromatic N) is 1. The van der Waals surface area contributed by atoms with Gasteiger partial charge in [0.2, 0.25) is 0 Å². The molecular weight excluding hydrogens is 232 g/mol. The molecule has 2 fully saturated rings. The van der Waals surface area contributed by atoms with Crippen LogP contribution in [0.2, 0.25) is 0 Å². The number of rotatable bonds is 5. The first-order valence-electron chi connectivity index (χ1n) is 8.50. The SMILES string of the molecule is CC(C)(C)NCC1CCN(CCC2CCCCC2)C1. The highest BCUT2D eigenvalue weighted by Crippen LogP contribution is 2.27. The van der Waals surface area contributed by atoms with Crippen molar-refractivity contribution in [1.29, 1.82) is 0 Å². The molecular formula is C17H34N2. The molecule has 0 aromatic heterocycles. The van der Waals surface area contributed by atoms with Gasteiger partial charge in [-0.05, 0) is 65.1 Å². The van der Waals surface area contributed by atoms with Gasteiger partial charge in [-0.3, -0.25) is 0 Å². The Morgan fingerprint density at radius 1 is 1.00 bits per heavy atom. The van der Waals surface area contributed by atoms with E-state index in [9.17, 15) is 0 Å². The van der Waals surface area contributed by atoms with Crippen LogP contribution in [0.3, 0.4) is 0 Å². The summed E-state index contributed by atoms with van der Waals surface area (Å²) >= 11 is 0. The molecule has 2 nitrogen and oxygen atoms in total. The Morgan fingerprint density at radius 2 is 1.74 bits per heavy atom. The molecule has 2 heteroatoms. The van der Waals surface area contributed by atoms with Crippen LogP contribution in [0.25, 0.3) is 0 Å². The molecule has 0 amide bonds. The molecule has 2 aliphatic rings. The Labute approximate surface area is 120 Å². The van der Waals surface area contributed by atoms with Gasteiger partial charge < -0.3 is 10.2 Å². The zero-order valence-electron chi connectivity index (χ0n) is 13.4. The minimum absolute atomic E-state index is 0.273. The molecule has 0 spiro atoms. The molecule has 0 aromatic rings. The van der Waals surface area contributed by atoms with Crippen molar-refractivity contribution < 1.29 is 0 Å². The van der Waals surface area contributed by atoms with Crippen LogP contribution in [0.15, 0.2) is 0 Å². The second-order valence-corrected chi connectivity index (χ2v) is 7.88. The number of hydrogen-bond acceptors (Lipinski definition) is 2. The molecule has 1 heterocycles. The van der Waals surface area contributed by atoms with Gasteiger partial charge in [-0.2, -0.15) is 0 Å². The first-order chi connectivity index (χ1) is 9.03. The van der Waals surface area contributed by atoms with E-state index in [4.69, 9.17) is 0 Å². The molecule has 1 aliphatic heterocycles. The van der Waals surface area contributed by atoms with E-state index in [-0.39, 0.29) is 5.54 Å². The van der Waals surface area contributed by atoms with E-state index < -0.39 is 0 Å². The van der Waals surface area contributed by atoms with E-state index in [0.29, 0.717) is 0 Å². The van der Waals surface area contributed by atoms with Crippen molar-refractivity contribution in [1.82, 2.24) is 10.2 Å². The lowest BCUT2D eigenvalue weighted by Gasteiger charge is -2.25. The van der Waals surface area contributed by atoms with Gasteiger partial charge >= 0.3 is 0 Å². The van der Waals surface area contributed by atoms with Gasteiger partial charge in [0, 0.05) is 12.1 Å². The highest BCUT2D eigenvalue weighted by molar-refractivity contribution is 4.81. The lowest BCUT2D eigenvalue weighted by atomic mass is 9.87. The Bertz CT molecular complexity index is 250. The van der Waals surface area contributed by atoms with Gasteiger partial charge in [-0.25, -0.2) is 0 Å². The first-order valence-corrected chi connectivity index (χ1v) is 8.50. The predicted octanol–water partition coefficient (Wildman–Crippen LogP) is 3.67. The van der Waals surface area contributed by atoms with Gasteiger partial charge in [0.25, 0.3) is 0 Å². The summed E-state index contributed by atoms with van der Waals surface area (Å²) in [4.78, 5) is 2.71. The quantitative estimate of drug-likeness (QED) is 0.817. The summed E-state index contributed by atoms with van der Waals surface area (Å²) in [5.41, 5.74) is 0.273. The molecule has 1 aliphatic carbocycles. The summed E-state index contributed by atoms with van der Waals surface area (Å²) in [5, 5.41) is 3.66. The molecule has 2 rings (SSSR count). The maximum absolute atomic E-state index is 3.66. The first kappa shape index (κ1) is 15.3. The van der Waals surface area contributed by atoms with E-state index in [2.05, 4.69) is 31.0 Å². The topological polar surface area (TPSA) is 15.3 Å². The fourth-order valence-corrected chi connectivity index (χ4v) is 3.57. The standard InChI is InChI=1S/C17H34N2/c1-17(2,3)18-13-16-10-12-19(14-16)11-9-15-7-5-4-6-8-15/h15-16,18H,4-14H2,1-3H3. The third-order valence-electron chi connectivity index (χ3n) is 4.87. The van der Waals surface area contributed by atoms with Crippen molar-refractivity contribution in [2.45, 2.75) is 71.3 Å². The Kier molecular flexibility index (Phi) is 5.70. The number of hydrogen-bond donors (Lipinski definition) is 1. The van der Waals surface area contributed by atoms with Crippen LogP contribution in [0, 0.1) is 11.8 Å². The average molecular weight is 266 g/mol. The summed E-state index contributed by atoms with van der Waals surface area (Å²) in [5.74, 6) is 1.92. The minimum atomic E-state index is 0.273. The second kappa shape index (κ2) is 7.08. The van der Waals surface area contributed by atoms with Crippen molar-refractivity contribution in [3.8, 4) is 0 Å². The average Bonchev–Trinajstić information content (AvgIpc) is 2.82. The highest BCUT2D eigenvalue weighted by atomic mass is 15.1. The van der Waals surface area contributed by atoms with E-state index in [1.165, 1.54) is 71.1 Å². The van der Waals surface area contributed by atoms with Crippen LogP contribution in [-0.4, -0.2) is 36.6 Å². The van der Waals surface area contributed by atoms with E-state index >= 15 is 0 Å². The summed E-state index contributed by atoms with van der Waals surface area (Å²) in [6, 6.07) is 0. The van der Waals surface area contributed by atoms with Crippen LogP contribution in [0.5, 0.6) is 0 Å². The monoisotopic (exact) mass is 266 g/mol. The van der Waals surface area contributed by atoms with Crippen molar-refractivity contribution >= 4 is 0 Å². The van der Waals surface area contributed by atoms with Crippen molar-refractivity contribution in [2.24, 2.45) is 11.8 Å². The minimum Gasteiger partial charge on any atom is -0.312 e. The Balaban J connectivity index is 1.59. The number of likely N-dealkylation sites (tertiary alicyclic amines) is 1. The van der Waals surface area contributed by atoms with Gasteiger partial charge in [0.05, 0.1) is 0 Å². The summed E-state index contributed by atoms with van der Waals surface area (Å²) < 4.78 is 0. The lowest BCUT2D eigenvalue weighted by molar-refractivity contribution is 0.257. The summed E-state index contributed by atoms with van der Waals surface area (Å²) in [6.07, 6.45) is 10.3. The van der Waals surface area contributed by atoms with E-state index in [0.717, 1.165) is 11.8 Å². The molecule has 1 unspecified atom stereocenters. The molecule has 112 valence electrons. The number of nitrogens with one attached hydrogen (secondary N) is 1. The fraction of sp³-hybridized carbons (Fsp3) is 1.00. The molecule has 0 radical (unpaired) electrons. The fourth-order valence-electron chi connectivity index (χ4n) is 3.57. The van der Waals surface area contributed by atoms with Crippen molar-refractivity contribution in [3.05, 3.63) is 0 Å². The maximum atomic E-state index is 3.66. The molecule has 0 aromatic carbocycles. The predicted molar refractivity (Wildman–Crippen MR) is 83.5 cm³/mol. The third kappa shape index (κ3) is 5.83. The van der Waals surface area contributed by atoms with Crippen molar-refractivity contribution in [2.75, 3.05) is 26.2 Å². The molecule has 19 heavy (non-hydrogen) atoms. The van der Waals surface area contributed by atoms with Crippen LogP contribution >= 0.6 is 0 Å². The zero-order chi connectivity index (χ0) is 13.7. The van der Waals surface area contributed by atoms with Crippen LogP contribution < -0.4 is 5.32 Å². The molecule has 1 saturated carbocycles. The third-order valence-corrected chi connectivity index (χ3v) is 4.87. The molecule has 0 bridgehead atoms. The van der Waals surface area contributed by atoms with Crippen LogP contribution in [-0.2, 0) is 0 Å². The highest BCUT2D eigenvalue weighted by Gasteiger charge is 2.24. The van der Waals surface area contributed by atoms with Crippen LogP contribution in [0.4, 0.5) is 0 Å². The van der Waals surface area contributed by atoms with E-state index in [1.807, 2.05) is 0 Å². The van der Waals surface area contributed by atoms with Gasteiger partial charge in [0.15, 0.2) is 0 Å². The summed E-state index contributed by atoms with van der Waals surface area (Å²) in [7, 11) is 0. The molecule has 1 atom stereocenters.